The summed E-state index contributed by atoms with van der Waals surface area (Å²) in [7, 11) is 0. The Morgan fingerprint density at radius 3 is 2.20 bits per heavy atom. The third-order valence-corrected chi connectivity index (χ3v) is 6.32. The second kappa shape index (κ2) is 11.6. The summed E-state index contributed by atoms with van der Waals surface area (Å²) in [6.45, 7) is 7.73. The van der Waals surface area contributed by atoms with Crippen LogP contribution in [0.5, 0.6) is 0 Å². The number of rotatable bonds is 9. The number of hydrogen-bond acceptors (Lipinski definition) is 3. The van der Waals surface area contributed by atoms with Gasteiger partial charge in [-0.25, -0.2) is 0 Å². The lowest BCUT2D eigenvalue weighted by molar-refractivity contribution is -0.140. The van der Waals surface area contributed by atoms with E-state index in [1.165, 1.54) is 5.56 Å². The van der Waals surface area contributed by atoms with E-state index in [0.717, 1.165) is 4.90 Å². The van der Waals surface area contributed by atoms with Gasteiger partial charge in [-0.05, 0) is 52.0 Å². The molecule has 7 heteroatoms. The summed E-state index contributed by atoms with van der Waals surface area (Å²) >= 11 is 14.3. The molecular weight excluding hydrogens is 439 g/mol. The molecule has 1 atom stereocenters. The van der Waals surface area contributed by atoms with Crippen LogP contribution in [0.2, 0.25) is 10.0 Å². The second-order valence-electron chi connectivity index (χ2n) is 7.47. The molecule has 0 aromatic heterocycles. The van der Waals surface area contributed by atoms with Crippen LogP contribution in [0.1, 0.15) is 38.3 Å². The van der Waals surface area contributed by atoms with E-state index in [1.54, 1.807) is 41.8 Å². The second-order valence-corrected chi connectivity index (χ2v) is 9.46. The Hall–Kier alpha value is -1.69. The molecule has 0 radical (unpaired) electrons. The topological polar surface area (TPSA) is 49.4 Å². The largest absolute Gasteiger partial charge is 0.352 e. The highest BCUT2D eigenvalue weighted by Gasteiger charge is 2.27. The number of thioether (sulfide) groups is 1. The molecule has 0 spiro atoms. The number of carbonyl (C=O) groups is 2. The monoisotopic (exact) mass is 466 g/mol. The van der Waals surface area contributed by atoms with E-state index in [-0.39, 0.29) is 24.4 Å². The normalized spacial score (nSPS) is 12.0. The minimum Gasteiger partial charge on any atom is -0.352 e. The zero-order chi connectivity index (χ0) is 22.3. The van der Waals surface area contributed by atoms with Crippen molar-refractivity contribution in [3.63, 3.8) is 0 Å². The van der Waals surface area contributed by atoms with Gasteiger partial charge in [-0.2, -0.15) is 0 Å². The van der Waals surface area contributed by atoms with Crippen LogP contribution in [0.15, 0.2) is 47.4 Å². The average Bonchev–Trinajstić information content (AvgIpc) is 2.68. The van der Waals surface area contributed by atoms with Crippen molar-refractivity contribution in [1.29, 1.82) is 0 Å². The first-order chi connectivity index (χ1) is 14.2. The Morgan fingerprint density at radius 2 is 1.63 bits per heavy atom. The molecule has 30 heavy (non-hydrogen) atoms. The first-order valence-corrected chi connectivity index (χ1v) is 11.7. The van der Waals surface area contributed by atoms with Crippen LogP contribution >= 0.6 is 35.0 Å². The summed E-state index contributed by atoms with van der Waals surface area (Å²) in [4.78, 5) is 28.4. The van der Waals surface area contributed by atoms with Crippen molar-refractivity contribution in [2.24, 2.45) is 0 Å². The average molecular weight is 467 g/mol. The molecule has 2 aromatic carbocycles. The van der Waals surface area contributed by atoms with Crippen LogP contribution in [0.3, 0.4) is 0 Å². The predicted molar refractivity (Wildman–Crippen MR) is 126 cm³/mol. The van der Waals surface area contributed by atoms with E-state index >= 15 is 0 Å². The van der Waals surface area contributed by atoms with E-state index in [2.05, 4.69) is 5.32 Å². The molecule has 0 bridgehead atoms. The number of amides is 2. The minimum atomic E-state index is -0.642. The van der Waals surface area contributed by atoms with Crippen LogP contribution in [-0.4, -0.2) is 34.6 Å². The summed E-state index contributed by atoms with van der Waals surface area (Å²) in [5.74, 6) is 0.303. The Morgan fingerprint density at radius 1 is 1.03 bits per heavy atom. The number of aryl methyl sites for hydroxylation is 1. The first-order valence-electron chi connectivity index (χ1n) is 9.91. The quantitative estimate of drug-likeness (QED) is 0.480. The predicted octanol–water partition coefficient (Wildman–Crippen LogP) is 5.73. The fourth-order valence-corrected chi connectivity index (χ4v) is 4.23. The standard InChI is InChI=1S/C23H28Cl2N2O2S/c1-15(2)26-23(29)17(4)27(14-19-20(24)6-5-7-21(19)25)22(28)12-13-30-18-10-8-16(3)9-11-18/h5-11,15,17H,12-14H2,1-4H3,(H,26,29)/t17-/m1/s1. The molecule has 4 nitrogen and oxygen atoms in total. The maximum atomic E-state index is 13.1. The van der Waals surface area contributed by atoms with Gasteiger partial charge in [-0.1, -0.05) is 47.0 Å². The maximum absolute atomic E-state index is 13.1. The number of nitrogens with one attached hydrogen (secondary N) is 1. The Bertz CT molecular complexity index is 852. The van der Waals surface area contributed by atoms with E-state index in [1.807, 2.05) is 45.0 Å². The van der Waals surface area contributed by atoms with Gasteiger partial charge in [0, 0.05) is 45.3 Å². The number of benzene rings is 2. The highest BCUT2D eigenvalue weighted by molar-refractivity contribution is 7.99. The fraction of sp³-hybridized carbons (Fsp3) is 0.391. The van der Waals surface area contributed by atoms with Gasteiger partial charge in [-0.15, -0.1) is 11.8 Å². The minimum absolute atomic E-state index is 0.0158. The van der Waals surface area contributed by atoms with E-state index < -0.39 is 6.04 Å². The van der Waals surface area contributed by atoms with Crippen LogP contribution in [-0.2, 0) is 16.1 Å². The Kier molecular flexibility index (Phi) is 9.53. The molecule has 0 saturated carbocycles. The van der Waals surface area contributed by atoms with Crippen LogP contribution < -0.4 is 5.32 Å². The third kappa shape index (κ3) is 7.22. The van der Waals surface area contributed by atoms with Crippen molar-refractivity contribution >= 4 is 46.8 Å². The number of hydrogen-bond donors (Lipinski definition) is 1. The SMILES string of the molecule is Cc1ccc(SCCC(=O)N(Cc2c(Cl)cccc2Cl)[C@H](C)C(=O)NC(C)C)cc1. The van der Waals surface area contributed by atoms with Crippen molar-refractivity contribution < 1.29 is 9.59 Å². The number of nitrogens with zero attached hydrogens (tertiary/aromatic N) is 1. The molecule has 1 N–H and O–H groups in total. The smallest absolute Gasteiger partial charge is 0.242 e. The van der Waals surface area contributed by atoms with Gasteiger partial charge < -0.3 is 10.2 Å². The molecular formula is C23H28Cl2N2O2S. The molecule has 2 aromatic rings. The van der Waals surface area contributed by atoms with E-state index in [0.29, 0.717) is 27.8 Å². The van der Waals surface area contributed by atoms with Crippen LogP contribution in [0.25, 0.3) is 0 Å². The van der Waals surface area contributed by atoms with Gasteiger partial charge in [0.1, 0.15) is 6.04 Å². The summed E-state index contributed by atoms with van der Waals surface area (Å²) in [5, 5.41) is 3.83. The van der Waals surface area contributed by atoms with E-state index in [4.69, 9.17) is 23.2 Å². The van der Waals surface area contributed by atoms with Crippen LogP contribution in [0, 0.1) is 6.92 Å². The molecule has 0 aliphatic rings. The zero-order valence-electron chi connectivity index (χ0n) is 17.7. The Labute approximate surface area is 193 Å². The molecule has 162 valence electrons. The van der Waals surface area contributed by atoms with Gasteiger partial charge in [0.25, 0.3) is 0 Å². The highest BCUT2D eigenvalue weighted by atomic mass is 35.5. The molecule has 0 unspecified atom stereocenters. The summed E-state index contributed by atoms with van der Waals surface area (Å²) in [6, 6.07) is 12.8. The van der Waals surface area contributed by atoms with Crippen molar-refractivity contribution in [3.8, 4) is 0 Å². The Balaban J connectivity index is 2.13. The van der Waals surface area contributed by atoms with Gasteiger partial charge in [0.2, 0.25) is 11.8 Å². The lowest BCUT2D eigenvalue weighted by atomic mass is 10.1. The molecule has 0 heterocycles. The fourth-order valence-electron chi connectivity index (χ4n) is 2.88. The van der Waals surface area contributed by atoms with Crippen molar-refractivity contribution in [3.05, 3.63) is 63.6 Å². The van der Waals surface area contributed by atoms with E-state index in [9.17, 15) is 9.59 Å². The summed E-state index contributed by atoms with van der Waals surface area (Å²) in [5.41, 5.74) is 1.84. The summed E-state index contributed by atoms with van der Waals surface area (Å²) < 4.78 is 0. The van der Waals surface area contributed by atoms with Crippen LogP contribution in [0.4, 0.5) is 0 Å². The summed E-state index contributed by atoms with van der Waals surface area (Å²) in [6.07, 6.45) is 0.305. The first kappa shape index (κ1) is 24.6. The molecule has 0 aliphatic carbocycles. The zero-order valence-corrected chi connectivity index (χ0v) is 20.1. The van der Waals surface area contributed by atoms with Gasteiger partial charge in [0.15, 0.2) is 0 Å². The lowest BCUT2D eigenvalue weighted by Crippen LogP contribution is -2.49. The van der Waals surface area contributed by atoms with Gasteiger partial charge in [0.05, 0.1) is 0 Å². The third-order valence-electron chi connectivity index (χ3n) is 4.59. The molecule has 2 amide bonds. The van der Waals surface area contributed by atoms with Gasteiger partial charge >= 0.3 is 0 Å². The number of carbonyl (C=O) groups excluding carboxylic acids is 2. The van der Waals surface area contributed by atoms with Crippen molar-refractivity contribution in [1.82, 2.24) is 10.2 Å². The molecule has 0 fully saturated rings. The lowest BCUT2D eigenvalue weighted by Gasteiger charge is -2.30. The maximum Gasteiger partial charge on any atom is 0.242 e. The number of halogens is 2. The van der Waals surface area contributed by atoms with Crippen molar-refractivity contribution in [2.45, 2.75) is 57.6 Å². The van der Waals surface area contributed by atoms with Crippen molar-refractivity contribution in [2.75, 3.05) is 5.75 Å². The molecule has 2 rings (SSSR count). The highest BCUT2D eigenvalue weighted by Crippen LogP contribution is 2.27. The molecule has 0 saturated heterocycles. The van der Waals surface area contributed by atoms with Gasteiger partial charge in [-0.3, -0.25) is 9.59 Å². The molecule has 0 aliphatic heterocycles.